The molecule has 0 aliphatic carbocycles. The number of imidazole rings is 1. The maximum atomic E-state index is 12.8. The van der Waals surface area contributed by atoms with Crippen LogP contribution in [0.2, 0.25) is 0 Å². The zero-order valence-electron chi connectivity index (χ0n) is 16.3. The van der Waals surface area contributed by atoms with Crippen molar-refractivity contribution in [3.63, 3.8) is 0 Å². The number of carboxylic acid groups (broad SMARTS) is 1. The summed E-state index contributed by atoms with van der Waals surface area (Å²) in [6.07, 6.45) is 3.34. The molecule has 12 heteroatoms. The number of H-pyrrole nitrogens is 1. The Hall–Kier alpha value is -2.60. The number of thiol groups is 1. The normalized spacial score (nSPS) is 14.0. The Morgan fingerprint density at radius 1 is 1.17 bits per heavy atom. The molecule has 3 atom stereocenters. The van der Waals surface area contributed by atoms with Gasteiger partial charge in [-0.3, -0.25) is 19.2 Å². The molecule has 0 fully saturated rings. The summed E-state index contributed by atoms with van der Waals surface area (Å²) >= 11 is 3.97. The summed E-state index contributed by atoms with van der Waals surface area (Å²) < 4.78 is 0. The van der Waals surface area contributed by atoms with E-state index < -0.39 is 48.4 Å². The van der Waals surface area contributed by atoms with Gasteiger partial charge in [-0.25, -0.2) is 4.98 Å². The fraction of sp³-hybridized carbons (Fsp3) is 0.588. The molecule has 0 saturated heterocycles. The van der Waals surface area contributed by atoms with Crippen LogP contribution in [0.3, 0.4) is 0 Å². The number of hydrogen-bond donors (Lipinski definition) is 7. The van der Waals surface area contributed by atoms with Crippen LogP contribution >= 0.6 is 12.6 Å². The fourth-order valence-electron chi connectivity index (χ4n) is 2.45. The van der Waals surface area contributed by atoms with Crippen LogP contribution in [0.4, 0.5) is 0 Å². The van der Waals surface area contributed by atoms with Crippen LogP contribution in [-0.4, -0.2) is 69.2 Å². The molecule has 0 aliphatic heterocycles. The molecular weight excluding hydrogens is 400 g/mol. The van der Waals surface area contributed by atoms with Gasteiger partial charge in [0.1, 0.15) is 18.6 Å². The maximum Gasteiger partial charge on any atom is 0.322 e. The largest absolute Gasteiger partial charge is 0.480 e. The number of carbonyl (C=O) groups excluding carboxylic acids is 3. The second-order valence-electron chi connectivity index (χ2n) is 6.93. The van der Waals surface area contributed by atoms with E-state index in [1.807, 2.05) is 13.8 Å². The van der Waals surface area contributed by atoms with Crippen LogP contribution in [0.1, 0.15) is 26.0 Å². The molecule has 1 rings (SSSR count). The lowest BCUT2D eigenvalue weighted by atomic mass is 10.0. The minimum Gasteiger partial charge on any atom is -0.480 e. The van der Waals surface area contributed by atoms with Gasteiger partial charge >= 0.3 is 5.97 Å². The highest BCUT2D eigenvalue weighted by molar-refractivity contribution is 7.80. The Kier molecular flexibility index (Phi) is 10.2. The lowest BCUT2D eigenvalue weighted by Crippen LogP contribution is -2.57. The first-order chi connectivity index (χ1) is 13.6. The molecule has 3 unspecified atom stereocenters. The molecule has 0 aromatic carbocycles. The Morgan fingerprint density at radius 2 is 1.83 bits per heavy atom. The van der Waals surface area contributed by atoms with E-state index in [-0.39, 0.29) is 24.5 Å². The predicted octanol–water partition coefficient (Wildman–Crippen LogP) is -1.57. The molecule has 0 radical (unpaired) electrons. The molecule has 162 valence electrons. The van der Waals surface area contributed by atoms with Crippen LogP contribution in [0.15, 0.2) is 12.5 Å². The van der Waals surface area contributed by atoms with Crippen molar-refractivity contribution in [3.8, 4) is 0 Å². The van der Waals surface area contributed by atoms with Gasteiger partial charge in [0.05, 0.1) is 12.4 Å². The highest BCUT2D eigenvalue weighted by atomic mass is 32.1. The predicted molar refractivity (Wildman–Crippen MR) is 108 cm³/mol. The third-order valence-corrected chi connectivity index (χ3v) is 4.29. The van der Waals surface area contributed by atoms with Crippen molar-refractivity contribution < 1.29 is 24.3 Å². The molecule has 1 aromatic rings. The second kappa shape index (κ2) is 12.1. The van der Waals surface area contributed by atoms with Gasteiger partial charge < -0.3 is 31.8 Å². The number of aromatic nitrogens is 2. The lowest BCUT2D eigenvalue weighted by Gasteiger charge is -2.24. The van der Waals surface area contributed by atoms with Crippen LogP contribution in [0.5, 0.6) is 0 Å². The number of carbonyl (C=O) groups is 4. The monoisotopic (exact) mass is 428 g/mol. The van der Waals surface area contributed by atoms with E-state index in [1.165, 1.54) is 12.5 Å². The number of rotatable bonds is 12. The van der Waals surface area contributed by atoms with Crippen LogP contribution in [0, 0.1) is 5.92 Å². The number of hydrogen-bond acceptors (Lipinski definition) is 7. The van der Waals surface area contributed by atoms with E-state index in [1.54, 1.807) is 0 Å². The average Bonchev–Trinajstić information content (AvgIpc) is 3.16. The van der Waals surface area contributed by atoms with E-state index in [0.29, 0.717) is 5.69 Å². The lowest BCUT2D eigenvalue weighted by molar-refractivity contribution is -0.138. The minimum atomic E-state index is -1.20. The molecule has 7 N–H and O–H groups in total. The standard InChI is InChI=1S/C17H28N6O5S/c1-9(2)3-12(16(27)20-6-14(24)25)23-17(28)13(4-10-5-19-8-21-10)22-15(26)11(18)7-29/h5,8-9,11-13,29H,3-4,6-7,18H2,1-2H3,(H,19,21)(H,20,27)(H,22,26)(H,23,28)(H,24,25). The van der Waals surface area contributed by atoms with Crippen LogP contribution in [-0.2, 0) is 25.6 Å². The number of nitrogens with two attached hydrogens (primary N) is 1. The quantitative estimate of drug-likeness (QED) is 0.196. The summed E-state index contributed by atoms with van der Waals surface area (Å²) in [5.41, 5.74) is 6.26. The van der Waals surface area contributed by atoms with Gasteiger partial charge in [-0.1, -0.05) is 13.8 Å². The second-order valence-corrected chi connectivity index (χ2v) is 7.30. The van der Waals surface area contributed by atoms with Crippen molar-refractivity contribution in [2.75, 3.05) is 12.3 Å². The van der Waals surface area contributed by atoms with E-state index in [4.69, 9.17) is 10.8 Å². The number of aliphatic carboxylic acids is 1. The van der Waals surface area contributed by atoms with Gasteiger partial charge in [0, 0.05) is 24.1 Å². The fourth-order valence-corrected chi connectivity index (χ4v) is 2.61. The van der Waals surface area contributed by atoms with Gasteiger partial charge in [-0.15, -0.1) is 0 Å². The van der Waals surface area contributed by atoms with Crippen molar-refractivity contribution in [1.82, 2.24) is 25.9 Å². The molecule has 29 heavy (non-hydrogen) atoms. The molecule has 0 aliphatic rings. The molecule has 0 saturated carbocycles. The zero-order chi connectivity index (χ0) is 22.0. The third-order valence-electron chi connectivity index (χ3n) is 3.90. The van der Waals surface area contributed by atoms with Gasteiger partial charge in [-0.05, 0) is 12.3 Å². The molecule has 1 aromatic heterocycles. The number of carboxylic acids is 1. The van der Waals surface area contributed by atoms with Gasteiger partial charge in [0.25, 0.3) is 0 Å². The number of nitrogens with one attached hydrogen (secondary N) is 4. The van der Waals surface area contributed by atoms with E-state index >= 15 is 0 Å². The third kappa shape index (κ3) is 8.96. The first-order valence-corrected chi connectivity index (χ1v) is 9.71. The average molecular weight is 429 g/mol. The van der Waals surface area contributed by atoms with E-state index in [9.17, 15) is 19.2 Å². The van der Waals surface area contributed by atoms with Gasteiger partial charge in [0.2, 0.25) is 17.7 Å². The molecule has 1 heterocycles. The summed E-state index contributed by atoms with van der Waals surface area (Å²) in [6.45, 7) is 3.16. The number of aromatic amines is 1. The van der Waals surface area contributed by atoms with Gasteiger partial charge in [0.15, 0.2) is 0 Å². The minimum absolute atomic E-state index is 0.0501. The SMILES string of the molecule is CC(C)CC(NC(=O)C(Cc1cnc[nH]1)NC(=O)C(N)CS)C(=O)NCC(=O)O. The topological polar surface area (TPSA) is 179 Å². The Labute approximate surface area is 174 Å². The Morgan fingerprint density at radius 3 is 2.34 bits per heavy atom. The Balaban J connectivity index is 2.92. The highest BCUT2D eigenvalue weighted by Gasteiger charge is 2.29. The van der Waals surface area contributed by atoms with Gasteiger partial charge in [-0.2, -0.15) is 12.6 Å². The van der Waals surface area contributed by atoms with Crippen LogP contribution < -0.4 is 21.7 Å². The van der Waals surface area contributed by atoms with Crippen LogP contribution in [0.25, 0.3) is 0 Å². The number of nitrogens with zero attached hydrogens (tertiary/aromatic N) is 1. The summed E-state index contributed by atoms with van der Waals surface area (Å²) in [5.74, 6) is -2.83. The van der Waals surface area contributed by atoms with Crippen molar-refractivity contribution in [2.45, 2.75) is 44.8 Å². The summed E-state index contributed by atoms with van der Waals surface area (Å²) in [5, 5.41) is 16.1. The molecule has 0 bridgehead atoms. The van der Waals surface area contributed by atoms with Crippen molar-refractivity contribution in [2.24, 2.45) is 11.7 Å². The first-order valence-electron chi connectivity index (χ1n) is 9.08. The van der Waals surface area contributed by atoms with Crippen molar-refractivity contribution in [1.29, 1.82) is 0 Å². The molecule has 0 spiro atoms. The van der Waals surface area contributed by atoms with Crippen molar-refractivity contribution >= 4 is 36.3 Å². The highest BCUT2D eigenvalue weighted by Crippen LogP contribution is 2.07. The summed E-state index contributed by atoms with van der Waals surface area (Å²) in [4.78, 5) is 54.7. The molecule has 3 amide bonds. The Bertz CT molecular complexity index is 696. The maximum absolute atomic E-state index is 12.8. The number of amides is 3. The van der Waals surface area contributed by atoms with E-state index in [0.717, 1.165) is 0 Å². The summed E-state index contributed by atoms with van der Waals surface area (Å²) in [6, 6.07) is -2.88. The zero-order valence-corrected chi connectivity index (χ0v) is 17.2. The molecule has 11 nitrogen and oxygen atoms in total. The summed E-state index contributed by atoms with van der Waals surface area (Å²) in [7, 11) is 0. The smallest absolute Gasteiger partial charge is 0.322 e. The first kappa shape index (κ1) is 24.4. The molecular formula is C17H28N6O5S. The van der Waals surface area contributed by atoms with Crippen molar-refractivity contribution in [3.05, 3.63) is 18.2 Å². The van der Waals surface area contributed by atoms with E-state index in [2.05, 4.69) is 38.5 Å².